The lowest BCUT2D eigenvalue weighted by Gasteiger charge is -2.13. The Morgan fingerprint density at radius 1 is 1.07 bits per heavy atom. The number of nitrogens with one attached hydrogen (secondary N) is 1. The Kier molecular flexibility index (Phi) is 6.92. The van der Waals surface area contributed by atoms with Gasteiger partial charge < -0.3 is 20.3 Å². The van der Waals surface area contributed by atoms with Gasteiger partial charge in [-0.25, -0.2) is 15.0 Å². The number of nitrogens with zero attached hydrogens (tertiary/aromatic N) is 3. The molecular formula is C34H38N4O4. The normalized spacial score (nSPS) is 25.5. The summed E-state index contributed by atoms with van der Waals surface area (Å²) in [6, 6.07) is 0. The van der Waals surface area contributed by atoms with E-state index < -0.39 is 6.10 Å². The van der Waals surface area contributed by atoms with Crippen LogP contribution < -0.4 is 5.32 Å². The molecule has 1 saturated heterocycles. The van der Waals surface area contributed by atoms with Gasteiger partial charge in [0.15, 0.2) is 0 Å². The largest absolute Gasteiger partial charge is 0.511 e. The number of aliphatic imine (C=N–C) groups is 3. The molecule has 8 nitrogen and oxygen atoms in total. The third-order valence-corrected chi connectivity index (χ3v) is 9.40. The zero-order chi connectivity index (χ0) is 30.0. The van der Waals surface area contributed by atoms with Crippen LogP contribution in [0.3, 0.4) is 0 Å². The molecule has 218 valence electrons. The first-order valence-electron chi connectivity index (χ1n) is 14.8. The average Bonchev–Trinajstić information content (AvgIpc) is 3.70. The van der Waals surface area contributed by atoms with Crippen molar-refractivity contribution in [3.8, 4) is 0 Å². The number of hydrogen-bond donors (Lipinski definition) is 3. The number of aliphatic hydroxyl groups excluding tert-OH is 2. The summed E-state index contributed by atoms with van der Waals surface area (Å²) in [7, 11) is 1.39. The molecule has 6 rings (SSSR count). The van der Waals surface area contributed by atoms with Gasteiger partial charge in [-0.3, -0.25) is 4.79 Å². The lowest BCUT2D eigenvalue weighted by molar-refractivity contribution is -0.140. The van der Waals surface area contributed by atoms with Gasteiger partial charge in [-0.15, -0.1) is 0 Å². The highest BCUT2D eigenvalue weighted by Crippen LogP contribution is 2.45. The third kappa shape index (κ3) is 4.31. The molecule has 0 aromatic rings. The van der Waals surface area contributed by atoms with Crippen LogP contribution in [0.15, 0.2) is 106 Å². The molecular weight excluding hydrogens is 528 g/mol. The number of carbonyl (C=O) groups is 1. The molecule has 1 fully saturated rings. The van der Waals surface area contributed by atoms with Gasteiger partial charge in [0, 0.05) is 52.8 Å². The summed E-state index contributed by atoms with van der Waals surface area (Å²) in [5.74, 6) is 0.498. The molecule has 6 aliphatic rings. The Hall–Kier alpha value is -4.04. The zero-order valence-corrected chi connectivity index (χ0v) is 25.3. The lowest BCUT2D eigenvalue weighted by Crippen LogP contribution is -2.15. The zero-order valence-electron chi connectivity index (χ0n) is 25.3. The van der Waals surface area contributed by atoms with E-state index in [0.29, 0.717) is 18.6 Å². The van der Waals surface area contributed by atoms with Crippen molar-refractivity contribution in [1.29, 1.82) is 0 Å². The molecule has 0 aromatic carbocycles. The highest BCUT2D eigenvalue weighted by Gasteiger charge is 2.38. The minimum Gasteiger partial charge on any atom is -0.511 e. The summed E-state index contributed by atoms with van der Waals surface area (Å²) in [6.07, 6.45) is 7.41. The molecule has 42 heavy (non-hydrogen) atoms. The van der Waals surface area contributed by atoms with Crippen molar-refractivity contribution in [1.82, 2.24) is 5.32 Å². The summed E-state index contributed by atoms with van der Waals surface area (Å²) in [5, 5.41) is 25.6. The molecule has 0 aromatic heterocycles. The molecule has 8 bridgehead atoms. The van der Waals surface area contributed by atoms with Crippen LogP contribution in [0.5, 0.6) is 0 Å². The number of fused-ring (bicyclic) bond motifs is 5. The molecule has 0 amide bonds. The topological polar surface area (TPSA) is 116 Å². The van der Waals surface area contributed by atoms with Gasteiger partial charge in [0.2, 0.25) is 0 Å². The van der Waals surface area contributed by atoms with E-state index in [-0.39, 0.29) is 24.2 Å². The third-order valence-electron chi connectivity index (χ3n) is 9.40. The van der Waals surface area contributed by atoms with Gasteiger partial charge in [0.1, 0.15) is 5.76 Å². The fourth-order valence-corrected chi connectivity index (χ4v) is 6.99. The van der Waals surface area contributed by atoms with E-state index in [0.717, 1.165) is 91.1 Å². The number of aliphatic hydroxyl groups is 2. The molecule has 5 aliphatic heterocycles. The molecule has 3 atom stereocenters. The van der Waals surface area contributed by atoms with Crippen molar-refractivity contribution in [3.63, 3.8) is 0 Å². The summed E-state index contributed by atoms with van der Waals surface area (Å²) >= 11 is 0. The monoisotopic (exact) mass is 566 g/mol. The van der Waals surface area contributed by atoms with E-state index >= 15 is 0 Å². The highest BCUT2D eigenvalue weighted by atomic mass is 16.5. The standard InChI is InChI=1S/C34H38N4O4/c1-8-20-15(2)23-14-28-31(19(6)39)17(4)25(36-28)12-24-16(3)21(9-10-30(41)42-7)33(37-24)22-11-29(40)32-18(5)26(38-34(22)32)13-27(20)35-23/h12-15,19-20,35,39-40H,8-11H2,1-7H3/t15-,19?,20-/m1/s1. The van der Waals surface area contributed by atoms with E-state index in [9.17, 15) is 15.0 Å². The second kappa shape index (κ2) is 10.3. The fraction of sp³-hybridized carbons (Fsp3) is 0.412. The molecule has 8 heteroatoms. The van der Waals surface area contributed by atoms with Gasteiger partial charge in [-0.05, 0) is 81.1 Å². The predicted molar refractivity (Wildman–Crippen MR) is 165 cm³/mol. The Labute approximate surface area is 246 Å². The van der Waals surface area contributed by atoms with Crippen molar-refractivity contribution in [2.75, 3.05) is 7.11 Å². The molecule has 1 unspecified atom stereocenters. The SMILES string of the molecule is CC[C@H]1C2=CC3=C(C)C4=C(O)CC(=C5N=C(C=C6N=C(C=C(N2)[C@@H]1C)C(C(C)O)=C6C)C(C)=C5CCC(=O)OC)C4=N3. The number of rotatable bonds is 5. The summed E-state index contributed by atoms with van der Waals surface area (Å²) in [4.78, 5) is 27.4. The van der Waals surface area contributed by atoms with Gasteiger partial charge >= 0.3 is 5.97 Å². The number of allylic oxidation sites excluding steroid dienone is 11. The van der Waals surface area contributed by atoms with Gasteiger partial charge in [0.25, 0.3) is 0 Å². The van der Waals surface area contributed by atoms with Crippen LogP contribution in [0, 0.1) is 11.8 Å². The van der Waals surface area contributed by atoms with Crippen molar-refractivity contribution < 1.29 is 19.7 Å². The Bertz CT molecular complexity index is 1680. The molecule has 3 N–H and O–H groups in total. The van der Waals surface area contributed by atoms with E-state index in [1.165, 1.54) is 7.11 Å². The summed E-state index contributed by atoms with van der Waals surface area (Å²) in [5.41, 5.74) is 12.9. The van der Waals surface area contributed by atoms with E-state index in [1.807, 2.05) is 26.8 Å². The van der Waals surface area contributed by atoms with E-state index in [4.69, 9.17) is 19.7 Å². The lowest BCUT2D eigenvalue weighted by atomic mass is 9.89. The fourth-order valence-electron chi connectivity index (χ4n) is 6.99. The maximum absolute atomic E-state index is 12.2. The smallest absolute Gasteiger partial charge is 0.305 e. The van der Waals surface area contributed by atoms with Crippen molar-refractivity contribution in [2.45, 2.75) is 73.3 Å². The Morgan fingerprint density at radius 3 is 2.52 bits per heavy atom. The molecule has 0 saturated carbocycles. The van der Waals surface area contributed by atoms with Gasteiger partial charge in [-0.2, -0.15) is 0 Å². The van der Waals surface area contributed by atoms with Crippen LogP contribution in [0.2, 0.25) is 0 Å². The average molecular weight is 567 g/mol. The van der Waals surface area contributed by atoms with Crippen LogP contribution in [0.25, 0.3) is 0 Å². The van der Waals surface area contributed by atoms with Crippen LogP contribution in [-0.4, -0.2) is 46.5 Å². The number of methoxy groups -OCH3 is 1. The maximum atomic E-state index is 12.2. The van der Waals surface area contributed by atoms with Crippen LogP contribution in [0.1, 0.15) is 67.2 Å². The number of carbonyl (C=O) groups excluding carboxylic acids is 1. The quantitative estimate of drug-likeness (QED) is 0.354. The first-order chi connectivity index (χ1) is 20.0. The first-order valence-corrected chi connectivity index (χ1v) is 14.8. The Morgan fingerprint density at radius 2 is 1.83 bits per heavy atom. The molecule has 5 heterocycles. The van der Waals surface area contributed by atoms with E-state index in [1.54, 1.807) is 6.92 Å². The van der Waals surface area contributed by atoms with Gasteiger partial charge in [0.05, 0.1) is 47.4 Å². The van der Waals surface area contributed by atoms with E-state index in [2.05, 4.69) is 31.3 Å². The number of ether oxygens (including phenoxy) is 1. The summed E-state index contributed by atoms with van der Waals surface area (Å²) in [6.45, 7) is 12.2. The van der Waals surface area contributed by atoms with Crippen LogP contribution in [0.4, 0.5) is 0 Å². The second-order valence-electron chi connectivity index (χ2n) is 11.8. The summed E-state index contributed by atoms with van der Waals surface area (Å²) < 4.78 is 4.94. The predicted octanol–water partition coefficient (Wildman–Crippen LogP) is 5.99. The van der Waals surface area contributed by atoms with Crippen molar-refractivity contribution in [3.05, 3.63) is 91.5 Å². The first kappa shape index (κ1) is 28.1. The van der Waals surface area contributed by atoms with Crippen LogP contribution in [-0.2, 0) is 9.53 Å². The maximum Gasteiger partial charge on any atom is 0.305 e. The van der Waals surface area contributed by atoms with Crippen LogP contribution >= 0.6 is 0 Å². The number of hydrogen-bond acceptors (Lipinski definition) is 8. The van der Waals surface area contributed by atoms with Crippen molar-refractivity contribution >= 4 is 23.1 Å². The molecule has 0 spiro atoms. The minimum absolute atomic E-state index is 0.218. The van der Waals surface area contributed by atoms with Gasteiger partial charge in [-0.1, -0.05) is 13.8 Å². The molecule has 1 aliphatic carbocycles. The highest BCUT2D eigenvalue weighted by molar-refractivity contribution is 6.22. The van der Waals surface area contributed by atoms with Crippen molar-refractivity contribution in [2.24, 2.45) is 26.8 Å². The number of esters is 1. The molecule has 0 radical (unpaired) electrons. The second-order valence-corrected chi connectivity index (χ2v) is 11.8. The Balaban J connectivity index is 1.61. The minimum atomic E-state index is -0.692.